The quantitative estimate of drug-likeness (QED) is 0.103. The van der Waals surface area contributed by atoms with Gasteiger partial charge in [0.15, 0.2) is 0 Å². The van der Waals surface area contributed by atoms with Crippen LogP contribution in [0.15, 0.2) is 48.5 Å². The molecule has 0 aromatic heterocycles. The molecule has 6 heteroatoms. The Hall–Kier alpha value is -3.02. The third-order valence-electron chi connectivity index (χ3n) is 6.85. The predicted octanol–water partition coefficient (Wildman–Crippen LogP) is 9.03. The van der Waals surface area contributed by atoms with Gasteiger partial charge in [-0.1, -0.05) is 103 Å². The van der Waals surface area contributed by atoms with Crippen molar-refractivity contribution in [1.82, 2.24) is 5.32 Å². The zero-order valence-electron chi connectivity index (χ0n) is 23.4. The lowest BCUT2D eigenvalue weighted by Gasteiger charge is -2.09. The molecule has 210 valence electrons. The smallest absolute Gasteiger partial charge is 0.319 e. The van der Waals surface area contributed by atoms with Gasteiger partial charge in [0.05, 0.1) is 0 Å². The van der Waals surface area contributed by atoms with Gasteiger partial charge in [-0.3, -0.25) is 4.79 Å². The third kappa shape index (κ3) is 14.7. The lowest BCUT2D eigenvalue weighted by atomic mass is 10.0. The summed E-state index contributed by atoms with van der Waals surface area (Å²) in [5, 5.41) is 17.8. The van der Waals surface area contributed by atoms with Gasteiger partial charge in [0.2, 0.25) is 0 Å². The lowest BCUT2D eigenvalue weighted by molar-refractivity contribution is 0.102. The maximum Gasteiger partial charge on any atom is 0.319 e. The van der Waals surface area contributed by atoms with Crippen molar-refractivity contribution in [1.29, 1.82) is 0 Å². The van der Waals surface area contributed by atoms with E-state index >= 15 is 0 Å². The molecule has 3 amide bonds. The van der Waals surface area contributed by atoms with Crippen molar-refractivity contribution in [3.05, 3.63) is 54.1 Å². The summed E-state index contributed by atoms with van der Waals surface area (Å²) < 4.78 is 0. The van der Waals surface area contributed by atoms with Crippen molar-refractivity contribution < 1.29 is 14.7 Å². The normalized spacial score (nSPS) is 10.8. The van der Waals surface area contributed by atoms with E-state index < -0.39 is 0 Å². The fourth-order valence-corrected chi connectivity index (χ4v) is 4.50. The number of benzene rings is 2. The molecule has 2 aromatic carbocycles. The van der Waals surface area contributed by atoms with Crippen LogP contribution in [0, 0.1) is 0 Å². The molecule has 6 nitrogen and oxygen atoms in total. The van der Waals surface area contributed by atoms with E-state index in [1.165, 1.54) is 102 Å². The molecular formula is C32H49N3O3. The van der Waals surface area contributed by atoms with Crippen LogP contribution in [0.2, 0.25) is 0 Å². The van der Waals surface area contributed by atoms with E-state index in [2.05, 4.69) is 22.9 Å². The van der Waals surface area contributed by atoms with Crippen molar-refractivity contribution in [2.24, 2.45) is 0 Å². The molecule has 0 aliphatic carbocycles. The molecule has 4 N–H and O–H groups in total. The van der Waals surface area contributed by atoms with Crippen molar-refractivity contribution in [3.8, 4) is 5.75 Å². The molecule has 0 atom stereocenters. The number of anilines is 2. The Morgan fingerprint density at radius 3 is 1.50 bits per heavy atom. The molecule has 2 aromatic rings. The van der Waals surface area contributed by atoms with E-state index in [4.69, 9.17) is 0 Å². The number of rotatable bonds is 20. The van der Waals surface area contributed by atoms with E-state index in [9.17, 15) is 14.7 Å². The minimum absolute atomic E-state index is 0.145. The molecule has 0 fully saturated rings. The number of hydrogen-bond donors (Lipinski definition) is 4. The number of hydrogen-bond acceptors (Lipinski definition) is 3. The Bertz CT molecular complexity index is 897. The van der Waals surface area contributed by atoms with Gasteiger partial charge in [-0.05, 0) is 55.0 Å². The number of phenolic OH excluding ortho intramolecular Hbond substituents is 1. The van der Waals surface area contributed by atoms with Crippen LogP contribution >= 0.6 is 0 Å². The summed E-state index contributed by atoms with van der Waals surface area (Å²) in [7, 11) is 0. The Morgan fingerprint density at radius 2 is 1.00 bits per heavy atom. The first-order valence-corrected chi connectivity index (χ1v) is 14.8. The number of carbonyl (C=O) groups is 2. The highest BCUT2D eigenvalue weighted by molar-refractivity contribution is 6.04. The van der Waals surface area contributed by atoms with E-state index in [0.29, 0.717) is 23.5 Å². The first kappa shape index (κ1) is 31.2. The second-order valence-corrected chi connectivity index (χ2v) is 10.3. The van der Waals surface area contributed by atoms with E-state index in [-0.39, 0.29) is 17.7 Å². The molecule has 2 rings (SSSR count). The van der Waals surface area contributed by atoms with Crippen LogP contribution in [-0.4, -0.2) is 23.6 Å². The van der Waals surface area contributed by atoms with Crippen LogP contribution in [0.4, 0.5) is 16.2 Å². The minimum Gasteiger partial charge on any atom is -0.508 e. The Kier molecular flexibility index (Phi) is 16.4. The molecule has 0 unspecified atom stereocenters. The number of nitrogens with one attached hydrogen (secondary N) is 3. The molecule has 0 aliphatic heterocycles. The molecule has 38 heavy (non-hydrogen) atoms. The first-order chi connectivity index (χ1) is 18.6. The molecule has 0 aliphatic rings. The molecular weight excluding hydrogens is 474 g/mol. The van der Waals surface area contributed by atoms with Gasteiger partial charge >= 0.3 is 6.03 Å². The SMILES string of the molecule is CCCCCCCCCCCCCCCCCCNC(=O)Nc1ccc(C(=O)Nc2ccc(O)cc2)cc1. The van der Waals surface area contributed by atoms with Crippen LogP contribution in [0.5, 0.6) is 5.75 Å². The lowest BCUT2D eigenvalue weighted by Crippen LogP contribution is -2.29. The highest BCUT2D eigenvalue weighted by Gasteiger charge is 2.07. The summed E-state index contributed by atoms with van der Waals surface area (Å²) >= 11 is 0. The van der Waals surface area contributed by atoms with Gasteiger partial charge in [-0.25, -0.2) is 4.79 Å². The monoisotopic (exact) mass is 523 g/mol. The maximum absolute atomic E-state index is 12.3. The summed E-state index contributed by atoms with van der Waals surface area (Å²) in [6.07, 6.45) is 21.3. The van der Waals surface area contributed by atoms with Crippen LogP contribution in [0.3, 0.4) is 0 Å². The van der Waals surface area contributed by atoms with Crippen molar-refractivity contribution in [3.63, 3.8) is 0 Å². The minimum atomic E-state index is -0.254. The van der Waals surface area contributed by atoms with Gasteiger partial charge in [0.25, 0.3) is 5.91 Å². The zero-order valence-corrected chi connectivity index (χ0v) is 23.4. The van der Waals surface area contributed by atoms with Crippen LogP contribution in [-0.2, 0) is 0 Å². The van der Waals surface area contributed by atoms with Gasteiger partial charge in [-0.15, -0.1) is 0 Å². The predicted molar refractivity (Wildman–Crippen MR) is 159 cm³/mol. The maximum atomic E-state index is 12.3. The Morgan fingerprint density at radius 1 is 0.579 bits per heavy atom. The molecule has 0 heterocycles. The van der Waals surface area contributed by atoms with Crippen LogP contribution < -0.4 is 16.0 Å². The summed E-state index contributed by atoms with van der Waals surface area (Å²) in [6.45, 7) is 2.94. The number of urea groups is 1. The molecule has 0 saturated carbocycles. The highest BCUT2D eigenvalue weighted by atomic mass is 16.3. The second-order valence-electron chi connectivity index (χ2n) is 10.3. The molecule has 0 spiro atoms. The number of carbonyl (C=O) groups excluding carboxylic acids is 2. The summed E-state index contributed by atoms with van der Waals surface area (Å²) in [5.74, 6) is -0.110. The number of unbranched alkanes of at least 4 members (excludes halogenated alkanes) is 15. The highest BCUT2D eigenvalue weighted by Crippen LogP contribution is 2.16. The molecule has 0 saturated heterocycles. The van der Waals surface area contributed by atoms with E-state index in [1.54, 1.807) is 36.4 Å². The number of phenols is 1. The number of amides is 3. The fourth-order valence-electron chi connectivity index (χ4n) is 4.50. The van der Waals surface area contributed by atoms with Gasteiger partial charge in [0, 0.05) is 23.5 Å². The summed E-state index contributed by atoms with van der Waals surface area (Å²) in [6, 6.07) is 12.8. The Balaban J connectivity index is 1.42. The van der Waals surface area contributed by atoms with E-state index in [0.717, 1.165) is 12.8 Å². The van der Waals surface area contributed by atoms with Gasteiger partial charge in [-0.2, -0.15) is 0 Å². The summed E-state index contributed by atoms with van der Waals surface area (Å²) in [4.78, 5) is 24.5. The fraction of sp³-hybridized carbons (Fsp3) is 0.562. The standard InChI is InChI=1S/C32H49N3O3/c1-2-3-4-5-6-7-8-9-10-11-12-13-14-15-16-17-26-33-32(38)35-29-20-18-27(19-21-29)31(37)34-28-22-24-30(36)25-23-28/h18-25,36H,2-17,26H2,1H3,(H,34,37)(H2,33,35,38). The van der Waals surface area contributed by atoms with Crippen molar-refractivity contribution >= 4 is 23.3 Å². The third-order valence-corrected chi connectivity index (χ3v) is 6.85. The van der Waals surface area contributed by atoms with Crippen molar-refractivity contribution in [2.45, 2.75) is 110 Å². The van der Waals surface area contributed by atoms with Gasteiger partial charge < -0.3 is 21.1 Å². The second kappa shape index (κ2) is 20.0. The zero-order chi connectivity index (χ0) is 27.3. The molecule has 0 bridgehead atoms. The topological polar surface area (TPSA) is 90.5 Å². The average molecular weight is 524 g/mol. The summed E-state index contributed by atoms with van der Waals surface area (Å²) in [5.41, 5.74) is 1.72. The number of aromatic hydroxyl groups is 1. The molecule has 0 radical (unpaired) electrons. The van der Waals surface area contributed by atoms with Gasteiger partial charge in [0.1, 0.15) is 5.75 Å². The van der Waals surface area contributed by atoms with Crippen LogP contribution in [0.25, 0.3) is 0 Å². The first-order valence-electron chi connectivity index (χ1n) is 14.8. The van der Waals surface area contributed by atoms with Crippen molar-refractivity contribution in [2.75, 3.05) is 17.2 Å². The van der Waals surface area contributed by atoms with Crippen LogP contribution in [0.1, 0.15) is 120 Å². The largest absolute Gasteiger partial charge is 0.508 e. The average Bonchev–Trinajstić information content (AvgIpc) is 2.92. The Labute approximate surface area is 230 Å². The van der Waals surface area contributed by atoms with E-state index in [1.807, 2.05) is 0 Å².